The van der Waals surface area contributed by atoms with Gasteiger partial charge in [-0.15, -0.1) is 0 Å². The number of nitrogens with zero attached hydrogens (tertiary/aromatic N) is 1. The fraction of sp³-hybridized carbons (Fsp3) is 0.562. The maximum absolute atomic E-state index is 11.4. The van der Waals surface area contributed by atoms with Crippen molar-refractivity contribution in [3.8, 4) is 0 Å². The molecule has 2 heterocycles. The van der Waals surface area contributed by atoms with Crippen LogP contribution in [0.15, 0.2) is 24.3 Å². The van der Waals surface area contributed by atoms with Crippen LogP contribution in [0.2, 0.25) is 0 Å². The van der Waals surface area contributed by atoms with E-state index in [9.17, 15) is 4.79 Å². The van der Waals surface area contributed by atoms with Crippen molar-refractivity contribution >= 4 is 5.91 Å². The standard InChI is InChI=1S/C16H23N3O/c17-9-12-2-1-3-13(8-12)10-19-7-6-15-14(11-19)4-5-16(20)18-15/h1-3,8,14-15H,4-7,9-11,17H2,(H,18,20). The van der Waals surface area contributed by atoms with Gasteiger partial charge in [0.05, 0.1) is 0 Å². The minimum atomic E-state index is 0.232. The van der Waals surface area contributed by atoms with Crippen LogP contribution in [0.25, 0.3) is 0 Å². The van der Waals surface area contributed by atoms with Crippen molar-refractivity contribution in [2.24, 2.45) is 11.7 Å². The maximum atomic E-state index is 11.4. The molecule has 0 aliphatic carbocycles. The van der Waals surface area contributed by atoms with Gasteiger partial charge in [-0.25, -0.2) is 0 Å². The molecular weight excluding hydrogens is 250 g/mol. The van der Waals surface area contributed by atoms with Crippen LogP contribution in [0.3, 0.4) is 0 Å². The molecule has 20 heavy (non-hydrogen) atoms. The zero-order valence-corrected chi connectivity index (χ0v) is 11.8. The van der Waals surface area contributed by atoms with E-state index in [0.717, 1.165) is 32.5 Å². The molecule has 0 radical (unpaired) electrons. The van der Waals surface area contributed by atoms with Gasteiger partial charge in [-0.1, -0.05) is 24.3 Å². The van der Waals surface area contributed by atoms with Crippen LogP contribution in [-0.4, -0.2) is 29.9 Å². The van der Waals surface area contributed by atoms with Crippen molar-refractivity contribution in [3.05, 3.63) is 35.4 Å². The molecule has 3 N–H and O–H groups in total. The smallest absolute Gasteiger partial charge is 0.220 e. The van der Waals surface area contributed by atoms with Crippen molar-refractivity contribution < 1.29 is 4.79 Å². The first-order valence-corrected chi connectivity index (χ1v) is 7.54. The van der Waals surface area contributed by atoms with E-state index < -0.39 is 0 Å². The Labute approximate surface area is 120 Å². The van der Waals surface area contributed by atoms with Crippen molar-refractivity contribution in [1.29, 1.82) is 0 Å². The molecule has 0 saturated carbocycles. The second-order valence-corrected chi connectivity index (χ2v) is 6.02. The summed E-state index contributed by atoms with van der Waals surface area (Å²) in [6.45, 7) is 3.75. The first-order chi connectivity index (χ1) is 9.74. The second-order valence-electron chi connectivity index (χ2n) is 6.02. The quantitative estimate of drug-likeness (QED) is 0.871. The first-order valence-electron chi connectivity index (χ1n) is 7.54. The number of benzene rings is 1. The third kappa shape index (κ3) is 3.02. The Hall–Kier alpha value is -1.39. The number of fused-ring (bicyclic) bond motifs is 1. The zero-order chi connectivity index (χ0) is 13.9. The molecule has 2 saturated heterocycles. The van der Waals surface area contributed by atoms with Crippen molar-refractivity contribution in [2.75, 3.05) is 13.1 Å². The van der Waals surface area contributed by atoms with E-state index in [2.05, 4.69) is 34.5 Å². The van der Waals surface area contributed by atoms with Crippen LogP contribution < -0.4 is 11.1 Å². The Balaban J connectivity index is 1.60. The highest BCUT2D eigenvalue weighted by molar-refractivity contribution is 5.77. The molecule has 1 amide bonds. The Morgan fingerprint density at radius 2 is 2.15 bits per heavy atom. The molecule has 4 heteroatoms. The molecule has 1 aromatic carbocycles. The van der Waals surface area contributed by atoms with Crippen LogP contribution in [0.4, 0.5) is 0 Å². The Morgan fingerprint density at radius 3 is 3.00 bits per heavy atom. The fourth-order valence-corrected chi connectivity index (χ4v) is 3.44. The molecule has 4 nitrogen and oxygen atoms in total. The average molecular weight is 273 g/mol. The summed E-state index contributed by atoms with van der Waals surface area (Å²) in [6, 6.07) is 8.95. The van der Waals surface area contributed by atoms with Crippen LogP contribution in [-0.2, 0) is 17.9 Å². The molecule has 2 aliphatic heterocycles. The number of rotatable bonds is 3. The van der Waals surface area contributed by atoms with Crippen molar-refractivity contribution in [1.82, 2.24) is 10.2 Å². The summed E-state index contributed by atoms with van der Waals surface area (Å²) in [7, 11) is 0. The van der Waals surface area contributed by atoms with E-state index in [0.29, 0.717) is 24.9 Å². The highest BCUT2D eigenvalue weighted by Crippen LogP contribution is 2.26. The molecule has 3 rings (SSSR count). The van der Waals surface area contributed by atoms with Crippen LogP contribution >= 0.6 is 0 Å². The van der Waals surface area contributed by atoms with E-state index >= 15 is 0 Å². The molecule has 2 aliphatic rings. The summed E-state index contributed by atoms with van der Waals surface area (Å²) in [5, 5.41) is 3.14. The number of amides is 1. The zero-order valence-electron chi connectivity index (χ0n) is 11.8. The minimum Gasteiger partial charge on any atom is -0.353 e. The third-order valence-electron chi connectivity index (χ3n) is 4.54. The molecule has 0 bridgehead atoms. The van der Waals surface area contributed by atoms with Crippen LogP contribution in [0.5, 0.6) is 0 Å². The van der Waals surface area contributed by atoms with Gasteiger partial charge < -0.3 is 11.1 Å². The van der Waals surface area contributed by atoms with E-state index in [1.807, 2.05) is 0 Å². The van der Waals surface area contributed by atoms with Crippen LogP contribution in [0.1, 0.15) is 30.4 Å². The maximum Gasteiger partial charge on any atom is 0.220 e. The van der Waals surface area contributed by atoms with Gasteiger partial charge in [-0.3, -0.25) is 9.69 Å². The highest BCUT2D eigenvalue weighted by atomic mass is 16.1. The number of likely N-dealkylation sites (tertiary alicyclic amines) is 1. The first kappa shape index (κ1) is 13.6. The van der Waals surface area contributed by atoms with Gasteiger partial charge in [-0.05, 0) is 29.9 Å². The topological polar surface area (TPSA) is 58.4 Å². The predicted molar refractivity (Wildman–Crippen MR) is 78.9 cm³/mol. The third-order valence-corrected chi connectivity index (χ3v) is 4.54. The number of carbonyl (C=O) groups is 1. The van der Waals surface area contributed by atoms with Crippen molar-refractivity contribution in [3.63, 3.8) is 0 Å². The van der Waals surface area contributed by atoms with Gasteiger partial charge in [0.1, 0.15) is 0 Å². The average Bonchev–Trinajstić information content (AvgIpc) is 2.47. The van der Waals surface area contributed by atoms with Gasteiger partial charge >= 0.3 is 0 Å². The fourth-order valence-electron chi connectivity index (χ4n) is 3.44. The number of hydrogen-bond donors (Lipinski definition) is 2. The van der Waals surface area contributed by atoms with Gasteiger partial charge in [0.2, 0.25) is 5.91 Å². The van der Waals surface area contributed by atoms with E-state index in [-0.39, 0.29) is 5.91 Å². The Bertz CT molecular complexity index is 488. The summed E-state index contributed by atoms with van der Waals surface area (Å²) < 4.78 is 0. The SMILES string of the molecule is NCc1cccc(CN2CCC3NC(=O)CCC3C2)c1. The summed E-state index contributed by atoms with van der Waals surface area (Å²) in [5.41, 5.74) is 8.23. The van der Waals surface area contributed by atoms with Gasteiger partial charge in [-0.2, -0.15) is 0 Å². The molecule has 2 atom stereocenters. The number of nitrogens with two attached hydrogens (primary N) is 1. The highest BCUT2D eigenvalue weighted by Gasteiger charge is 2.33. The monoisotopic (exact) mass is 273 g/mol. The lowest BCUT2D eigenvalue weighted by atomic mass is 9.85. The molecule has 2 fully saturated rings. The minimum absolute atomic E-state index is 0.232. The van der Waals surface area contributed by atoms with Gasteiger partial charge in [0.25, 0.3) is 0 Å². The van der Waals surface area contributed by atoms with Gasteiger partial charge in [0.15, 0.2) is 0 Å². The normalized spacial score (nSPS) is 26.9. The van der Waals surface area contributed by atoms with Crippen LogP contribution in [0, 0.1) is 5.92 Å². The summed E-state index contributed by atoms with van der Waals surface area (Å²) in [6.07, 6.45) is 2.81. The Morgan fingerprint density at radius 1 is 1.30 bits per heavy atom. The molecule has 108 valence electrons. The van der Waals surface area contributed by atoms with E-state index in [1.165, 1.54) is 11.1 Å². The number of piperidine rings is 2. The molecule has 0 spiro atoms. The largest absolute Gasteiger partial charge is 0.353 e. The molecule has 2 unspecified atom stereocenters. The van der Waals surface area contributed by atoms with Gasteiger partial charge in [0, 0.05) is 38.6 Å². The second kappa shape index (κ2) is 5.94. The Kier molecular flexibility index (Phi) is 4.03. The van der Waals surface area contributed by atoms with E-state index in [4.69, 9.17) is 5.73 Å². The summed E-state index contributed by atoms with van der Waals surface area (Å²) in [5.74, 6) is 0.856. The summed E-state index contributed by atoms with van der Waals surface area (Å²) >= 11 is 0. The number of carbonyl (C=O) groups excluding carboxylic acids is 1. The number of hydrogen-bond acceptors (Lipinski definition) is 3. The lowest BCUT2D eigenvalue weighted by Crippen LogP contribution is -2.53. The lowest BCUT2D eigenvalue weighted by Gasteiger charge is -2.41. The molecular formula is C16H23N3O. The molecule has 0 aromatic heterocycles. The van der Waals surface area contributed by atoms with Crippen molar-refractivity contribution in [2.45, 2.75) is 38.4 Å². The lowest BCUT2D eigenvalue weighted by molar-refractivity contribution is -0.125. The number of nitrogens with one attached hydrogen (secondary N) is 1. The predicted octanol–water partition coefficient (Wildman–Crippen LogP) is 1.25. The molecule has 1 aromatic rings. The van der Waals surface area contributed by atoms with E-state index in [1.54, 1.807) is 0 Å². The summed E-state index contributed by atoms with van der Waals surface area (Å²) in [4.78, 5) is 13.9.